The molecule has 2 aromatic rings. The molecule has 0 saturated heterocycles. The number of pyridine rings is 2. The first-order valence-corrected chi connectivity index (χ1v) is 10.5. The molecule has 10 heteroatoms. The van der Waals surface area contributed by atoms with Crippen LogP contribution in [0.5, 0.6) is 0 Å². The highest BCUT2D eigenvalue weighted by molar-refractivity contribution is 6.43. The van der Waals surface area contributed by atoms with E-state index < -0.39 is 0 Å². The van der Waals surface area contributed by atoms with Gasteiger partial charge in [0.25, 0.3) is 0 Å². The SMILES string of the molecule is CC(=N/N=C(C)\C(C)=N/N=C/c1ccccn1)/C(C)=N\N=C(C)/C(C)=N\N=C\c1ccccn1. The van der Waals surface area contributed by atoms with E-state index in [0.717, 1.165) is 11.4 Å². The Balaban J connectivity index is 2.00. The molecule has 0 saturated carbocycles. The number of hydrogen-bond acceptors (Lipinski definition) is 10. The second-order valence-corrected chi connectivity index (χ2v) is 7.11. The van der Waals surface area contributed by atoms with Gasteiger partial charge in [-0.3, -0.25) is 9.97 Å². The van der Waals surface area contributed by atoms with Crippen molar-refractivity contribution in [2.45, 2.75) is 41.5 Å². The first kappa shape index (κ1) is 25.9. The Morgan fingerprint density at radius 1 is 0.500 bits per heavy atom. The standard InChI is InChI=1S/C24H28N10/c1-17(29-27-15-23-11-7-9-13-25-23)19(3)31-33-21(5)22(6)34-32-20(4)18(2)30-28-16-24-12-8-10-14-26-24/h7-16H,1-6H3/b27-15+,28-16+,29-17-,30-18-,31-19-,32-20-,33-21-,34-22-. The maximum Gasteiger partial charge on any atom is 0.0831 e. The van der Waals surface area contributed by atoms with Gasteiger partial charge in [-0.15, -0.1) is 0 Å². The van der Waals surface area contributed by atoms with Crippen molar-refractivity contribution < 1.29 is 0 Å². The van der Waals surface area contributed by atoms with E-state index in [1.54, 1.807) is 24.8 Å². The molecule has 10 nitrogen and oxygen atoms in total. The van der Waals surface area contributed by atoms with Gasteiger partial charge in [-0.2, -0.15) is 40.8 Å². The maximum atomic E-state index is 4.22. The molecular formula is C24H28N10. The predicted molar refractivity (Wildman–Crippen MR) is 142 cm³/mol. The van der Waals surface area contributed by atoms with Crippen LogP contribution in [0.3, 0.4) is 0 Å². The Morgan fingerprint density at radius 2 is 0.824 bits per heavy atom. The highest BCUT2D eigenvalue weighted by Crippen LogP contribution is 1.95. The third kappa shape index (κ3) is 9.43. The van der Waals surface area contributed by atoms with E-state index in [4.69, 9.17) is 0 Å². The molecule has 0 unspecified atom stereocenters. The quantitative estimate of drug-likeness (QED) is 0.409. The lowest BCUT2D eigenvalue weighted by atomic mass is 10.3. The van der Waals surface area contributed by atoms with Gasteiger partial charge in [0, 0.05) is 12.4 Å². The van der Waals surface area contributed by atoms with Crippen LogP contribution in [-0.4, -0.2) is 56.7 Å². The number of hydrogen-bond donors (Lipinski definition) is 0. The third-order valence-electron chi connectivity index (χ3n) is 4.44. The summed E-state index contributed by atoms with van der Waals surface area (Å²) < 4.78 is 0. The zero-order valence-electron chi connectivity index (χ0n) is 20.2. The lowest BCUT2D eigenvalue weighted by Crippen LogP contribution is -2.09. The monoisotopic (exact) mass is 456 g/mol. The van der Waals surface area contributed by atoms with Crippen LogP contribution in [0, 0.1) is 0 Å². The summed E-state index contributed by atoms with van der Waals surface area (Å²) in [5, 5.41) is 33.2. The van der Waals surface area contributed by atoms with E-state index >= 15 is 0 Å². The molecule has 0 N–H and O–H groups in total. The van der Waals surface area contributed by atoms with Gasteiger partial charge in [-0.05, 0) is 65.8 Å². The first-order valence-electron chi connectivity index (χ1n) is 10.5. The average molecular weight is 457 g/mol. The minimum atomic E-state index is 0.628. The van der Waals surface area contributed by atoms with E-state index in [2.05, 4.69) is 50.8 Å². The van der Waals surface area contributed by atoms with Crippen molar-refractivity contribution in [2.75, 3.05) is 0 Å². The molecule has 2 aromatic heterocycles. The van der Waals surface area contributed by atoms with Gasteiger partial charge in [0.05, 0.1) is 58.1 Å². The molecule has 0 aliphatic carbocycles. The fraction of sp³-hybridized carbons (Fsp3) is 0.250. The maximum absolute atomic E-state index is 4.22. The number of nitrogens with zero attached hydrogens (tertiary/aromatic N) is 10. The largest absolute Gasteiger partial charge is 0.255 e. The smallest absolute Gasteiger partial charge is 0.0831 e. The molecule has 0 amide bonds. The van der Waals surface area contributed by atoms with Gasteiger partial charge in [-0.1, -0.05) is 12.1 Å². The predicted octanol–water partition coefficient (Wildman–Crippen LogP) is 4.44. The van der Waals surface area contributed by atoms with Crippen LogP contribution < -0.4 is 0 Å². The van der Waals surface area contributed by atoms with Crippen LogP contribution in [-0.2, 0) is 0 Å². The third-order valence-corrected chi connectivity index (χ3v) is 4.44. The van der Waals surface area contributed by atoms with Crippen molar-refractivity contribution in [3.63, 3.8) is 0 Å². The molecule has 0 atom stereocenters. The van der Waals surface area contributed by atoms with Crippen molar-refractivity contribution in [3.05, 3.63) is 60.2 Å². The molecule has 0 aliphatic rings. The van der Waals surface area contributed by atoms with Gasteiger partial charge in [0.15, 0.2) is 0 Å². The van der Waals surface area contributed by atoms with Crippen LogP contribution in [0.25, 0.3) is 0 Å². The van der Waals surface area contributed by atoms with Crippen molar-refractivity contribution in [2.24, 2.45) is 40.8 Å². The van der Waals surface area contributed by atoms with Gasteiger partial charge in [0.1, 0.15) is 0 Å². The summed E-state index contributed by atoms with van der Waals surface area (Å²) >= 11 is 0. The van der Waals surface area contributed by atoms with Gasteiger partial charge < -0.3 is 0 Å². The Labute approximate surface area is 199 Å². The molecule has 2 heterocycles. The zero-order valence-corrected chi connectivity index (χ0v) is 20.2. The van der Waals surface area contributed by atoms with E-state index in [9.17, 15) is 0 Å². The second-order valence-electron chi connectivity index (χ2n) is 7.11. The minimum absolute atomic E-state index is 0.628. The summed E-state index contributed by atoms with van der Waals surface area (Å²) in [5.74, 6) is 0. The molecule has 0 aromatic carbocycles. The molecule has 174 valence electrons. The lowest BCUT2D eigenvalue weighted by molar-refractivity contribution is 1.19. The average Bonchev–Trinajstić information content (AvgIpc) is 2.86. The summed E-state index contributed by atoms with van der Waals surface area (Å²) in [7, 11) is 0. The molecule has 0 spiro atoms. The van der Waals surface area contributed by atoms with Crippen LogP contribution >= 0.6 is 0 Å². The molecule has 34 heavy (non-hydrogen) atoms. The Morgan fingerprint density at radius 3 is 1.12 bits per heavy atom. The summed E-state index contributed by atoms with van der Waals surface area (Å²) in [4.78, 5) is 8.31. The lowest BCUT2D eigenvalue weighted by Gasteiger charge is -1.98. The van der Waals surface area contributed by atoms with Crippen LogP contribution in [0.4, 0.5) is 0 Å². The van der Waals surface area contributed by atoms with E-state index in [0.29, 0.717) is 34.3 Å². The molecular weight excluding hydrogens is 428 g/mol. The van der Waals surface area contributed by atoms with Crippen LogP contribution in [0.2, 0.25) is 0 Å². The topological polar surface area (TPSA) is 125 Å². The van der Waals surface area contributed by atoms with Gasteiger partial charge in [0.2, 0.25) is 0 Å². The van der Waals surface area contributed by atoms with E-state index in [1.807, 2.05) is 77.9 Å². The molecule has 0 fully saturated rings. The Kier molecular flexibility index (Phi) is 10.6. The van der Waals surface area contributed by atoms with Crippen molar-refractivity contribution in [1.82, 2.24) is 9.97 Å². The number of aromatic nitrogens is 2. The number of rotatable bonds is 9. The summed E-state index contributed by atoms with van der Waals surface area (Å²) in [6, 6.07) is 11.1. The van der Waals surface area contributed by atoms with Crippen molar-refractivity contribution in [1.29, 1.82) is 0 Å². The van der Waals surface area contributed by atoms with E-state index in [1.165, 1.54) is 0 Å². The second kappa shape index (κ2) is 13.9. The Hall–Kier alpha value is -4.34. The van der Waals surface area contributed by atoms with Crippen molar-refractivity contribution >= 4 is 46.7 Å². The van der Waals surface area contributed by atoms with Crippen LogP contribution in [0.15, 0.2) is 89.6 Å². The molecule has 2 rings (SSSR count). The molecule has 0 radical (unpaired) electrons. The molecule has 0 bridgehead atoms. The normalized spacial score (nSPS) is 15.0. The first-order chi connectivity index (χ1) is 16.4. The fourth-order valence-corrected chi connectivity index (χ4v) is 1.99. The highest BCUT2D eigenvalue weighted by atomic mass is 15.3. The van der Waals surface area contributed by atoms with Gasteiger partial charge >= 0.3 is 0 Å². The fourth-order valence-electron chi connectivity index (χ4n) is 1.99. The Bertz CT molecular complexity index is 1090. The summed E-state index contributed by atoms with van der Waals surface area (Å²) in [6.07, 6.45) is 6.56. The minimum Gasteiger partial charge on any atom is -0.255 e. The van der Waals surface area contributed by atoms with Gasteiger partial charge in [-0.25, -0.2) is 0 Å². The van der Waals surface area contributed by atoms with E-state index in [-0.39, 0.29) is 0 Å². The molecule has 0 aliphatic heterocycles. The summed E-state index contributed by atoms with van der Waals surface area (Å²) in [6.45, 7) is 10.9. The summed E-state index contributed by atoms with van der Waals surface area (Å²) in [5.41, 5.74) is 5.27. The highest BCUT2D eigenvalue weighted by Gasteiger charge is 2.01. The van der Waals surface area contributed by atoms with Crippen LogP contribution in [0.1, 0.15) is 52.9 Å². The van der Waals surface area contributed by atoms with Crippen molar-refractivity contribution in [3.8, 4) is 0 Å². The zero-order chi connectivity index (χ0) is 24.8.